The summed E-state index contributed by atoms with van der Waals surface area (Å²) in [5.74, 6) is 1.45. The quantitative estimate of drug-likeness (QED) is 0.117. The maximum Gasteiger partial charge on any atom is 0.410 e. The second-order valence-electron chi connectivity index (χ2n) is 19.0. The molecule has 2 aliphatic heterocycles. The molecule has 16 heteroatoms. The summed E-state index contributed by atoms with van der Waals surface area (Å²) in [5.41, 5.74) is 9.23. The van der Waals surface area contributed by atoms with Crippen LogP contribution in [0.1, 0.15) is 83.5 Å². The number of piperidine rings is 2. The van der Waals surface area contributed by atoms with Gasteiger partial charge in [0, 0.05) is 55.8 Å². The van der Waals surface area contributed by atoms with E-state index in [1.807, 2.05) is 82.0 Å². The molecule has 0 saturated carbocycles. The fraction of sp³-hybridized carbons (Fsp3) is 0.316. The van der Waals surface area contributed by atoms with Crippen molar-refractivity contribution in [1.29, 1.82) is 0 Å². The number of hydrogen-bond donors (Lipinski definition) is 1. The zero-order valence-corrected chi connectivity index (χ0v) is 46.2. The maximum absolute atomic E-state index is 12.6. The highest BCUT2D eigenvalue weighted by atomic mass is 127. The third-order valence-electron chi connectivity index (χ3n) is 12.8. The molecule has 10 rings (SSSR count). The fourth-order valence-corrected chi connectivity index (χ4v) is 9.79. The normalized spacial score (nSPS) is 14.3. The van der Waals surface area contributed by atoms with Crippen LogP contribution in [0.5, 0.6) is 23.5 Å². The average molecular weight is 1200 g/mol. The van der Waals surface area contributed by atoms with E-state index in [1.165, 1.54) is 14.7 Å². The average Bonchev–Trinajstić information content (AvgIpc) is 4.06. The van der Waals surface area contributed by atoms with Gasteiger partial charge in [-0.1, -0.05) is 62.4 Å². The molecule has 1 amide bonds. The first kappa shape index (κ1) is 51.6. The number of benzene rings is 4. The van der Waals surface area contributed by atoms with Gasteiger partial charge in [-0.2, -0.15) is 9.97 Å². The predicted octanol–water partition coefficient (Wildman–Crippen LogP) is 13.4. The predicted molar refractivity (Wildman–Crippen MR) is 302 cm³/mol. The van der Waals surface area contributed by atoms with Gasteiger partial charge in [0.15, 0.2) is 0 Å². The molecule has 0 unspecified atom stereocenters. The minimum Gasteiger partial charge on any atom is -0.444 e. The largest absolute Gasteiger partial charge is 0.444 e. The van der Waals surface area contributed by atoms with Crippen molar-refractivity contribution in [3.05, 3.63) is 153 Å². The molecule has 73 heavy (non-hydrogen) atoms. The Balaban J connectivity index is 0.000000183. The van der Waals surface area contributed by atoms with Crippen molar-refractivity contribution in [3.63, 3.8) is 0 Å². The first-order valence-corrected chi connectivity index (χ1v) is 27.1. The molecular formula is C57H60I2N10O4. The summed E-state index contributed by atoms with van der Waals surface area (Å²) in [7, 11) is 0. The van der Waals surface area contributed by atoms with Crippen LogP contribution in [0.15, 0.2) is 134 Å². The number of hydrogen-bond acceptors (Lipinski definition) is 11. The molecule has 2 aliphatic rings. The van der Waals surface area contributed by atoms with Gasteiger partial charge >= 0.3 is 18.1 Å². The van der Waals surface area contributed by atoms with Crippen molar-refractivity contribution in [1.82, 2.24) is 49.3 Å². The highest BCUT2D eigenvalue weighted by Crippen LogP contribution is 2.38. The van der Waals surface area contributed by atoms with Gasteiger partial charge in [-0.05, 0) is 189 Å². The molecule has 2 fully saturated rings. The monoisotopic (exact) mass is 1200 g/mol. The van der Waals surface area contributed by atoms with Gasteiger partial charge in [-0.3, -0.25) is 0 Å². The van der Waals surface area contributed by atoms with Crippen LogP contribution < -0.4 is 14.8 Å². The van der Waals surface area contributed by atoms with Gasteiger partial charge in [0.05, 0.1) is 46.8 Å². The number of likely N-dealkylation sites (tertiary alicyclic amines) is 1. The number of aryl methyl sites for hydroxylation is 2. The highest BCUT2D eigenvalue weighted by Gasteiger charge is 2.30. The number of amides is 1. The van der Waals surface area contributed by atoms with Crippen molar-refractivity contribution in [2.24, 2.45) is 0 Å². The lowest BCUT2D eigenvalue weighted by molar-refractivity contribution is 0.0189. The van der Waals surface area contributed by atoms with Crippen LogP contribution in [-0.4, -0.2) is 81.8 Å². The number of nitrogens with one attached hydrogen (secondary N) is 1. The van der Waals surface area contributed by atoms with Gasteiger partial charge in [-0.15, -0.1) is 0 Å². The smallest absolute Gasteiger partial charge is 0.410 e. The van der Waals surface area contributed by atoms with Gasteiger partial charge in [-0.25, -0.2) is 24.7 Å². The lowest BCUT2D eigenvalue weighted by Crippen LogP contribution is -2.42. The third kappa shape index (κ3) is 13.1. The van der Waals surface area contributed by atoms with Crippen molar-refractivity contribution < 1.29 is 19.0 Å². The molecule has 1 N–H and O–H groups in total. The number of rotatable bonds is 12. The van der Waals surface area contributed by atoms with Crippen LogP contribution in [0, 0.1) is 7.14 Å². The molecule has 0 radical (unpaired) electrons. The first-order valence-electron chi connectivity index (χ1n) is 25.0. The zero-order chi connectivity index (χ0) is 50.9. The van der Waals surface area contributed by atoms with Crippen molar-refractivity contribution >= 4 is 51.3 Å². The second-order valence-corrected chi connectivity index (χ2v) is 21.5. The van der Waals surface area contributed by atoms with Crippen LogP contribution in [0.25, 0.3) is 45.3 Å². The van der Waals surface area contributed by atoms with E-state index in [1.54, 1.807) is 17.3 Å². The summed E-state index contributed by atoms with van der Waals surface area (Å²) in [6.07, 6.45) is 12.6. The first-order chi connectivity index (χ1) is 35.4. The van der Waals surface area contributed by atoms with Crippen LogP contribution in [0.3, 0.4) is 0 Å². The SMILES string of the molecule is CCc1cccc(Oc2nccc(-c3c(-c4ccc(I)cc4)ncn3C3CCN(C(=O)OC(C)(C)C)CC3)n2)c1.CCc1cccc(Oc2nccc(-c3c(-c4ccc(I)cc4)ncn3C3CCNCC3)n2)c1. The van der Waals surface area contributed by atoms with Crippen LogP contribution in [-0.2, 0) is 17.6 Å². The molecule has 376 valence electrons. The number of imidazole rings is 2. The molecule has 4 aromatic carbocycles. The molecule has 2 saturated heterocycles. The van der Waals surface area contributed by atoms with E-state index in [-0.39, 0.29) is 18.1 Å². The summed E-state index contributed by atoms with van der Waals surface area (Å²) in [6.45, 7) is 13.2. The molecule has 14 nitrogen and oxygen atoms in total. The number of nitrogens with zero attached hydrogens (tertiary/aromatic N) is 9. The Bertz CT molecular complexity index is 3120. The summed E-state index contributed by atoms with van der Waals surface area (Å²) in [6, 6.07) is 37.8. The Labute approximate surface area is 454 Å². The minimum atomic E-state index is -0.515. The van der Waals surface area contributed by atoms with E-state index >= 15 is 0 Å². The van der Waals surface area contributed by atoms with Gasteiger partial charge in [0.25, 0.3) is 0 Å². The Morgan fingerprint density at radius 3 is 1.51 bits per heavy atom. The van der Waals surface area contributed by atoms with Gasteiger partial charge in [0.1, 0.15) is 17.1 Å². The molecule has 6 heterocycles. The van der Waals surface area contributed by atoms with Crippen LogP contribution in [0.2, 0.25) is 0 Å². The Morgan fingerprint density at radius 1 is 0.616 bits per heavy atom. The van der Waals surface area contributed by atoms with E-state index in [0.717, 1.165) is 106 Å². The lowest BCUT2D eigenvalue weighted by atomic mass is 10.0. The molecule has 4 aromatic heterocycles. The number of carbonyl (C=O) groups is 1. The molecule has 8 aromatic rings. The van der Waals surface area contributed by atoms with Gasteiger partial charge in [0.2, 0.25) is 0 Å². The number of carbonyl (C=O) groups excluding carboxylic acids is 1. The van der Waals surface area contributed by atoms with Crippen molar-refractivity contribution in [2.75, 3.05) is 26.2 Å². The van der Waals surface area contributed by atoms with E-state index in [2.05, 4.69) is 144 Å². The summed E-state index contributed by atoms with van der Waals surface area (Å²) >= 11 is 4.63. The standard InChI is InChI=1S/C31H34IN5O3.C26H26IN5O/c1-5-21-7-6-8-25(19-21)39-29-33-16-13-26(35-29)28-27(22-9-11-23(32)12-10-22)34-20-37(28)24-14-17-36(18-15-24)30(38)40-31(2,3)4;1-2-18-4-3-5-22(16-18)33-26-29-15-12-23(31-26)25-24(19-6-8-20(27)9-7-19)30-17-32(25)21-10-13-28-14-11-21/h6-13,16,19-20,24H,5,14-15,17-18H2,1-4H3;3-9,12,15-17,21,28H,2,10-11,13-14H2,1H3. The highest BCUT2D eigenvalue weighted by molar-refractivity contribution is 14.1. The number of aromatic nitrogens is 8. The summed E-state index contributed by atoms with van der Waals surface area (Å²) in [5, 5.41) is 3.45. The third-order valence-corrected chi connectivity index (χ3v) is 14.3. The topological polar surface area (TPSA) is 147 Å². The second kappa shape index (κ2) is 23.7. The Kier molecular flexibility index (Phi) is 16.8. The maximum atomic E-state index is 12.6. The number of ether oxygens (including phenoxy) is 3. The number of halogens is 2. The van der Waals surface area contributed by atoms with E-state index in [0.29, 0.717) is 30.9 Å². The van der Waals surface area contributed by atoms with Crippen molar-refractivity contribution in [3.8, 4) is 68.8 Å². The summed E-state index contributed by atoms with van der Waals surface area (Å²) < 4.78 is 24.6. The molecular weight excluding hydrogens is 1140 g/mol. The Hall–Kier alpha value is -6.25. The minimum absolute atomic E-state index is 0.152. The molecule has 0 aliphatic carbocycles. The molecule has 0 atom stereocenters. The molecule has 0 spiro atoms. The van der Waals surface area contributed by atoms with Crippen LogP contribution >= 0.6 is 45.2 Å². The van der Waals surface area contributed by atoms with E-state index < -0.39 is 5.60 Å². The summed E-state index contributed by atoms with van der Waals surface area (Å²) in [4.78, 5) is 42.6. The van der Waals surface area contributed by atoms with Crippen molar-refractivity contribution in [2.45, 2.75) is 90.8 Å². The molecule has 0 bridgehead atoms. The fourth-order valence-electron chi connectivity index (χ4n) is 9.07. The lowest BCUT2D eigenvalue weighted by Gasteiger charge is -2.34. The van der Waals surface area contributed by atoms with Crippen LogP contribution in [0.4, 0.5) is 4.79 Å². The van der Waals surface area contributed by atoms with Gasteiger partial charge < -0.3 is 33.6 Å². The van der Waals surface area contributed by atoms with E-state index in [4.69, 9.17) is 34.1 Å². The van der Waals surface area contributed by atoms with E-state index in [9.17, 15) is 4.79 Å². The Morgan fingerprint density at radius 2 is 1.07 bits per heavy atom. The zero-order valence-electron chi connectivity index (χ0n) is 41.8.